The number of aromatic nitrogens is 5. The van der Waals surface area contributed by atoms with E-state index in [1.807, 2.05) is 18.7 Å². The van der Waals surface area contributed by atoms with Gasteiger partial charge in [-0.25, -0.2) is 4.98 Å². The Morgan fingerprint density at radius 2 is 1.63 bits per heavy atom. The van der Waals surface area contributed by atoms with Crippen molar-refractivity contribution in [2.24, 2.45) is 0 Å². The molecule has 35 heavy (non-hydrogen) atoms. The maximum Gasteiger partial charge on any atom is 0.229 e. The molecule has 6 rings (SSSR count). The number of anilines is 3. The summed E-state index contributed by atoms with van der Waals surface area (Å²) in [5.41, 5.74) is 3.08. The molecule has 186 valence electrons. The first-order chi connectivity index (χ1) is 17.2. The fourth-order valence-electron chi connectivity index (χ4n) is 5.36. The molecule has 0 unspecified atom stereocenters. The molecule has 0 atom stereocenters. The first-order valence-electron chi connectivity index (χ1n) is 12.9. The highest BCUT2D eigenvalue weighted by molar-refractivity contribution is 5.85. The molecule has 0 radical (unpaired) electrons. The Bertz CT molecular complexity index is 1140. The summed E-state index contributed by atoms with van der Waals surface area (Å²) < 4.78 is 7.71. The van der Waals surface area contributed by atoms with Gasteiger partial charge in [0.2, 0.25) is 5.95 Å². The van der Waals surface area contributed by atoms with Gasteiger partial charge in [-0.05, 0) is 32.4 Å². The number of pyridine rings is 1. The van der Waals surface area contributed by atoms with Gasteiger partial charge in [0, 0.05) is 82.5 Å². The summed E-state index contributed by atoms with van der Waals surface area (Å²) in [5.74, 6) is 1.80. The Labute approximate surface area is 206 Å². The topological polar surface area (TPSA) is 78.7 Å². The van der Waals surface area contributed by atoms with Crippen LogP contribution >= 0.6 is 0 Å². The first-order valence-corrected chi connectivity index (χ1v) is 12.9. The van der Waals surface area contributed by atoms with Crippen LogP contribution in [0, 0.1) is 0 Å². The zero-order valence-corrected chi connectivity index (χ0v) is 20.8. The zero-order chi connectivity index (χ0) is 23.8. The molecular formula is C25H35N9O. The van der Waals surface area contributed by atoms with Crippen molar-refractivity contribution in [2.45, 2.75) is 32.4 Å². The third-order valence-electron chi connectivity index (χ3n) is 7.48. The van der Waals surface area contributed by atoms with Crippen LogP contribution in [0.1, 0.15) is 26.3 Å². The fourth-order valence-corrected chi connectivity index (χ4v) is 5.36. The van der Waals surface area contributed by atoms with Gasteiger partial charge in [0.15, 0.2) is 17.0 Å². The number of nitrogens with zero attached hydrogens (tertiary/aromatic N) is 9. The number of hydrogen-bond acceptors (Lipinski definition) is 9. The van der Waals surface area contributed by atoms with Crippen LogP contribution in [-0.2, 0) is 4.74 Å². The highest BCUT2D eigenvalue weighted by Crippen LogP contribution is 2.32. The van der Waals surface area contributed by atoms with Crippen LogP contribution in [-0.4, -0.2) is 101 Å². The van der Waals surface area contributed by atoms with Crippen LogP contribution in [0.3, 0.4) is 0 Å². The molecule has 0 aliphatic carbocycles. The quantitative estimate of drug-likeness (QED) is 0.548. The van der Waals surface area contributed by atoms with Gasteiger partial charge in [-0.1, -0.05) is 0 Å². The van der Waals surface area contributed by atoms with E-state index in [1.54, 1.807) is 0 Å². The molecule has 0 bridgehead atoms. The van der Waals surface area contributed by atoms with Crippen LogP contribution in [0.15, 0.2) is 30.9 Å². The maximum atomic E-state index is 5.54. The fraction of sp³-hybridized carbons (Fsp3) is 0.600. The third kappa shape index (κ3) is 4.40. The first kappa shape index (κ1) is 22.5. The van der Waals surface area contributed by atoms with Crippen molar-refractivity contribution >= 4 is 28.6 Å². The van der Waals surface area contributed by atoms with Gasteiger partial charge in [0.05, 0.1) is 19.5 Å². The molecule has 6 heterocycles. The van der Waals surface area contributed by atoms with E-state index >= 15 is 0 Å². The summed E-state index contributed by atoms with van der Waals surface area (Å²) in [7, 11) is 0. The van der Waals surface area contributed by atoms with Gasteiger partial charge >= 0.3 is 0 Å². The van der Waals surface area contributed by atoms with Gasteiger partial charge < -0.3 is 24.0 Å². The van der Waals surface area contributed by atoms with Crippen molar-refractivity contribution in [1.82, 2.24) is 29.4 Å². The molecule has 0 amide bonds. The number of rotatable bonds is 5. The second-order valence-electron chi connectivity index (χ2n) is 10.0. The van der Waals surface area contributed by atoms with Crippen LogP contribution in [0.5, 0.6) is 0 Å². The Morgan fingerprint density at radius 3 is 2.40 bits per heavy atom. The molecule has 10 heteroatoms. The minimum atomic E-state index is 0.291. The van der Waals surface area contributed by atoms with Gasteiger partial charge in [0.1, 0.15) is 0 Å². The molecular weight excluding hydrogens is 442 g/mol. The third-order valence-corrected chi connectivity index (χ3v) is 7.48. The van der Waals surface area contributed by atoms with Crippen molar-refractivity contribution in [3.8, 4) is 0 Å². The molecule has 3 fully saturated rings. The Kier molecular flexibility index (Phi) is 6.15. The summed E-state index contributed by atoms with van der Waals surface area (Å²) in [6.07, 6.45) is 6.71. The van der Waals surface area contributed by atoms with E-state index in [4.69, 9.17) is 19.7 Å². The summed E-state index contributed by atoms with van der Waals surface area (Å²) in [5, 5.41) is 0. The van der Waals surface area contributed by atoms with Gasteiger partial charge in [-0.3, -0.25) is 9.88 Å². The van der Waals surface area contributed by atoms with Crippen molar-refractivity contribution in [2.75, 3.05) is 80.3 Å². The Hall–Kier alpha value is -2.98. The average Bonchev–Trinajstić information content (AvgIpc) is 3.14. The molecule has 3 aromatic heterocycles. The number of hydrogen-bond donors (Lipinski definition) is 0. The summed E-state index contributed by atoms with van der Waals surface area (Å²) >= 11 is 0. The van der Waals surface area contributed by atoms with E-state index in [0.717, 1.165) is 94.9 Å². The van der Waals surface area contributed by atoms with E-state index in [0.29, 0.717) is 12.1 Å². The van der Waals surface area contributed by atoms with E-state index in [1.165, 1.54) is 5.69 Å². The molecule has 10 nitrogen and oxygen atoms in total. The summed E-state index contributed by atoms with van der Waals surface area (Å²) in [6, 6.07) is 5.03. The van der Waals surface area contributed by atoms with Crippen LogP contribution in [0.4, 0.5) is 17.5 Å². The van der Waals surface area contributed by atoms with Crippen molar-refractivity contribution < 1.29 is 4.74 Å². The van der Waals surface area contributed by atoms with E-state index in [9.17, 15) is 0 Å². The second-order valence-corrected chi connectivity index (χ2v) is 10.0. The lowest BCUT2D eigenvalue weighted by molar-refractivity contribution is 0.0105. The number of morpholine rings is 1. The van der Waals surface area contributed by atoms with Crippen molar-refractivity contribution in [3.05, 3.63) is 30.9 Å². The highest BCUT2D eigenvalue weighted by Gasteiger charge is 2.35. The SMILES string of the molecule is CC(C)n1cnc2c(N3CC(N4CCOCC4)C3)nc(N3CCCN(c4ccncc4)CC3)nc21. The van der Waals surface area contributed by atoms with Crippen LogP contribution in [0.2, 0.25) is 0 Å². The largest absolute Gasteiger partial charge is 0.379 e. The molecule has 0 N–H and O–H groups in total. The molecule has 0 spiro atoms. The Morgan fingerprint density at radius 1 is 0.886 bits per heavy atom. The minimum absolute atomic E-state index is 0.291. The van der Waals surface area contributed by atoms with Gasteiger partial charge in [-0.2, -0.15) is 9.97 Å². The predicted molar refractivity (Wildman–Crippen MR) is 137 cm³/mol. The second kappa shape index (κ2) is 9.58. The monoisotopic (exact) mass is 477 g/mol. The number of imidazole rings is 1. The smallest absolute Gasteiger partial charge is 0.229 e. The molecule has 0 aromatic carbocycles. The maximum absolute atomic E-state index is 5.54. The minimum Gasteiger partial charge on any atom is -0.379 e. The van der Waals surface area contributed by atoms with Crippen molar-refractivity contribution in [3.63, 3.8) is 0 Å². The van der Waals surface area contributed by atoms with E-state index < -0.39 is 0 Å². The number of fused-ring (bicyclic) bond motifs is 1. The summed E-state index contributed by atoms with van der Waals surface area (Å²) in [4.78, 5) is 28.8. The van der Waals surface area contributed by atoms with E-state index in [2.05, 4.69) is 55.1 Å². The van der Waals surface area contributed by atoms with Crippen LogP contribution < -0.4 is 14.7 Å². The lowest BCUT2D eigenvalue weighted by Gasteiger charge is -2.47. The molecule has 3 aliphatic heterocycles. The summed E-state index contributed by atoms with van der Waals surface area (Å²) in [6.45, 7) is 13.8. The molecule has 3 saturated heterocycles. The average molecular weight is 478 g/mol. The molecule has 3 aliphatic rings. The van der Waals surface area contributed by atoms with Crippen LogP contribution in [0.25, 0.3) is 11.2 Å². The number of ether oxygens (including phenoxy) is 1. The molecule has 3 aromatic rings. The lowest BCUT2D eigenvalue weighted by atomic mass is 10.1. The van der Waals surface area contributed by atoms with E-state index in [-0.39, 0.29) is 0 Å². The normalized spacial score (nSPS) is 20.5. The molecule has 0 saturated carbocycles. The Balaban J connectivity index is 1.26. The standard InChI is InChI=1S/C25H35N9O/c1-19(2)34-18-27-22-23(33-16-21(17-33)31-12-14-35-15-13-31)28-25(29-24(22)34)32-9-3-8-30(10-11-32)20-4-6-26-7-5-20/h4-7,18-19,21H,3,8-17H2,1-2H3. The van der Waals surface area contributed by atoms with Crippen molar-refractivity contribution in [1.29, 1.82) is 0 Å². The lowest BCUT2D eigenvalue weighted by Crippen LogP contribution is -2.61. The van der Waals surface area contributed by atoms with Gasteiger partial charge in [0.25, 0.3) is 0 Å². The highest BCUT2D eigenvalue weighted by atomic mass is 16.5. The zero-order valence-electron chi connectivity index (χ0n) is 20.8. The van der Waals surface area contributed by atoms with Gasteiger partial charge in [-0.15, -0.1) is 0 Å². The predicted octanol–water partition coefficient (Wildman–Crippen LogP) is 2.04.